The van der Waals surface area contributed by atoms with E-state index in [1.807, 2.05) is 6.07 Å². The van der Waals surface area contributed by atoms with Gasteiger partial charge >= 0.3 is 0 Å². The molecular weight excluding hydrogens is 303 g/mol. The van der Waals surface area contributed by atoms with Crippen molar-refractivity contribution in [2.45, 2.75) is 19.6 Å². The van der Waals surface area contributed by atoms with Gasteiger partial charge in [-0.1, -0.05) is 6.07 Å². The van der Waals surface area contributed by atoms with Gasteiger partial charge in [0.15, 0.2) is 0 Å². The van der Waals surface area contributed by atoms with E-state index in [2.05, 4.69) is 28.8 Å². The summed E-state index contributed by atoms with van der Waals surface area (Å²) in [6, 6.07) is 7.37. The quantitative estimate of drug-likeness (QED) is 0.763. The number of halogens is 1. The standard InChI is InChI=1S/C16H17FN2S2/c1-19(8-11-5-6-20-10-11)9-12-15(7-18)21-14-4-2-3-13(17)16(12)14/h2-6,10H,7-9,18H2,1H3. The molecule has 0 bridgehead atoms. The fourth-order valence-electron chi connectivity index (χ4n) is 2.57. The minimum atomic E-state index is -0.151. The van der Waals surface area contributed by atoms with Crippen LogP contribution in [0.1, 0.15) is 16.0 Å². The largest absolute Gasteiger partial charge is 0.326 e. The first kappa shape index (κ1) is 14.7. The first-order valence-corrected chi connectivity index (χ1v) is 8.53. The van der Waals surface area contributed by atoms with Crippen LogP contribution in [0.4, 0.5) is 4.39 Å². The summed E-state index contributed by atoms with van der Waals surface area (Å²) < 4.78 is 15.2. The van der Waals surface area contributed by atoms with Crippen molar-refractivity contribution in [1.29, 1.82) is 0 Å². The summed E-state index contributed by atoms with van der Waals surface area (Å²) in [5, 5.41) is 4.96. The van der Waals surface area contributed by atoms with Crippen LogP contribution in [-0.2, 0) is 19.6 Å². The Bertz CT molecular complexity index is 734. The first-order chi connectivity index (χ1) is 10.2. The average molecular weight is 320 g/mol. The normalized spacial score (nSPS) is 11.6. The Morgan fingerprint density at radius 2 is 2.10 bits per heavy atom. The second-order valence-corrected chi connectivity index (χ2v) is 7.04. The second kappa shape index (κ2) is 6.23. The van der Waals surface area contributed by atoms with Gasteiger partial charge in [-0.3, -0.25) is 4.90 Å². The molecule has 2 N–H and O–H groups in total. The van der Waals surface area contributed by atoms with E-state index in [0.29, 0.717) is 13.1 Å². The summed E-state index contributed by atoms with van der Waals surface area (Å²) in [6.45, 7) is 2.03. The van der Waals surface area contributed by atoms with E-state index in [-0.39, 0.29) is 5.82 Å². The number of nitrogens with zero attached hydrogens (tertiary/aromatic N) is 1. The third-order valence-corrected chi connectivity index (χ3v) is 5.44. The number of rotatable bonds is 5. The molecule has 2 heterocycles. The lowest BCUT2D eigenvalue weighted by Crippen LogP contribution is -2.18. The van der Waals surface area contributed by atoms with Crippen LogP contribution in [0, 0.1) is 5.82 Å². The van der Waals surface area contributed by atoms with Crippen molar-refractivity contribution >= 4 is 32.8 Å². The van der Waals surface area contributed by atoms with Crippen LogP contribution in [0.5, 0.6) is 0 Å². The van der Waals surface area contributed by atoms with E-state index >= 15 is 0 Å². The zero-order chi connectivity index (χ0) is 14.8. The molecule has 0 radical (unpaired) electrons. The van der Waals surface area contributed by atoms with E-state index < -0.39 is 0 Å². The highest BCUT2D eigenvalue weighted by molar-refractivity contribution is 7.19. The van der Waals surface area contributed by atoms with Gasteiger partial charge in [0.1, 0.15) is 5.82 Å². The van der Waals surface area contributed by atoms with E-state index in [0.717, 1.165) is 27.1 Å². The lowest BCUT2D eigenvalue weighted by atomic mass is 10.1. The maximum Gasteiger partial charge on any atom is 0.132 e. The molecule has 2 nitrogen and oxygen atoms in total. The summed E-state index contributed by atoms with van der Waals surface area (Å²) in [4.78, 5) is 3.28. The summed E-state index contributed by atoms with van der Waals surface area (Å²) in [5.74, 6) is -0.151. The van der Waals surface area contributed by atoms with Crippen molar-refractivity contribution in [1.82, 2.24) is 4.90 Å². The molecule has 0 aliphatic rings. The predicted molar refractivity (Wildman–Crippen MR) is 89.2 cm³/mol. The number of nitrogens with two attached hydrogens (primary N) is 1. The van der Waals surface area contributed by atoms with E-state index in [1.54, 1.807) is 28.7 Å². The van der Waals surface area contributed by atoms with Crippen molar-refractivity contribution in [2.24, 2.45) is 5.73 Å². The molecule has 3 aromatic rings. The van der Waals surface area contributed by atoms with Crippen LogP contribution < -0.4 is 5.73 Å². The van der Waals surface area contributed by atoms with Crippen molar-refractivity contribution < 1.29 is 4.39 Å². The molecule has 0 amide bonds. The minimum Gasteiger partial charge on any atom is -0.326 e. The lowest BCUT2D eigenvalue weighted by Gasteiger charge is -2.16. The molecule has 5 heteroatoms. The molecule has 2 aromatic heterocycles. The van der Waals surface area contributed by atoms with E-state index in [9.17, 15) is 4.39 Å². The smallest absolute Gasteiger partial charge is 0.132 e. The Labute approximate surface area is 131 Å². The highest BCUT2D eigenvalue weighted by Crippen LogP contribution is 2.34. The van der Waals surface area contributed by atoms with Gasteiger partial charge in [0.2, 0.25) is 0 Å². The molecule has 0 saturated heterocycles. The minimum absolute atomic E-state index is 0.151. The predicted octanol–water partition coefficient (Wildman–Crippen LogP) is 4.19. The molecular formula is C16H17FN2S2. The Hall–Kier alpha value is -1.27. The van der Waals surface area contributed by atoms with Gasteiger partial charge in [0, 0.05) is 34.6 Å². The SMILES string of the molecule is CN(Cc1ccsc1)Cc1c(CN)sc2cccc(F)c12. The topological polar surface area (TPSA) is 29.3 Å². The second-order valence-electron chi connectivity index (χ2n) is 5.12. The zero-order valence-corrected chi connectivity index (χ0v) is 13.4. The molecule has 0 spiro atoms. The Morgan fingerprint density at radius 1 is 1.24 bits per heavy atom. The number of benzene rings is 1. The molecule has 3 rings (SSSR count). The van der Waals surface area contributed by atoms with Gasteiger partial charge in [-0.25, -0.2) is 4.39 Å². The number of hydrogen-bond donors (Lipinski definition) is 1. The first-order valence-electron chi connectivity index (χ1n) is 6.77. The Balaban J connectivity index is 1.92. The third kappa shape index (κ3) is 3.01. The molecule has 0 atom stereocenters. The van der Waals surface area contributed by atoms with Crippen molar-refractivity contribution in [3.05, 3.63) is 56.8 Å². The summed E-state index contributed by atoms with van der Waals surface area (Å²) in [6.07, 6.45) is 0. The van der Waals surface area contributed by atoms with Crippen molar-refractivity contribution in [3.8, 4) is 0 Å². The maximum atomic E-state index is 14.2. The monoisotopic (exact) mass is 320 g/mol. The fourth-order valence-corrected chi connectivity index (χ4v) is 4.34. The van der Waals surface area contributed by atoms with Gasteiger partial charge in [0.25, 0.3) is 0 Å². The van der Waals surface area contributed by atoms with Gasteiger partial charge in [-0.15, -0.1) is 11.3 Å². The van der Waals surface area contributed by atoms with Crippen LogP contribution in [0.15, 0.2) is 35.0 Å². The van der Waals surface area contributed by atoms with Gasteiger partial charge in [-0.05, 0) is 47.1 Å². The molecule has 0 saturated carbocycles. The van der Waals surface area contributed by atoms with E-state index in [1.165, 1.54) is 11.6 Å². The van der Waals surface area contributed by atoms with Crippen LogP contribution in [0.2, 0.25) is 0 Å². The number of hydrogen-bond acceptors (Lipinski definition) is 4. The average Bonchev–Trinajstić information content (AvgIpc) is 3.07. The molecule has 21 heavy (non-hydrogen) atoms. The molecule has 0 aliphatic carbocycles. The Kier molecular flexibility index (Phi) is 4.35. The van der Waals surface area contributed by atoms with Crippen molar-refractivity contribution in [3.63, 3.8) is 0 Å². The fraction of sp³-hybridized carbons (Fsp3) is 0.250. The van der Waals surface area contributed by atoms with Crippen LogP contribution in [-0.4, -0.2) is 11.9 Å². The Morgan fingerprint density at radius 3 is 2.81 bits per heavy atom. The molecule has 110 valence electrons. The molecule has 0 unspecified atom stereocenters. The lowest BCUT2D eigenvalue weighted by molar-refractivity contribution is 0.320. The van der Waals surface area contributed by atoms with Gasteiger partial charge in [-0.2, -0.15) is 11.3 Å². The zero-order valence-electron chi connectivity index (χ0n) is 11.8. The third-order valence-electron chi connectivity index (χ3n) is 3.49. The molecule has 0 fully saturated rings. The van der Waals surface area contributed by atoms with Crippen LogP contribution in [0.25, 0.3) is 10.1 Å². The summed E-state index contributed by atoms with van der Waals surface area (Å²) in [7, 11) is 2.06. The highest BCUT2D eigenvalue weighted by Gasteiger charge is 2.16. The van der Waals surface area contributed by atoms with E-state index in [4.69, 9.17) is 5.73 Å². The van der Waals surface area contributed by atoms with Crippen LogP contribution in [0.3, 0.4) is 0 Å². The van der Waals surface area contributed by atoms with Crippen LogP contribution >= 0.6 is 22.7 Å². The van der Waals surface area contributed by atoms with Gasteiger partial charge in [0.05, 0.1) is 0 Å². The number of thiophene rings is 2. The maximum absolute atomic E-state index is 14.2. The summed E-state index contributed by atoms with van der Waals surface area (Å²) >= 11 is 3.30. The summed E-state index contributed by atoms with van der Waals surface area (Å²) in [5.41, 5.74) is 8.17. The number of fused-ring (bicyclic) bond motifs is 1. The molecule has 0 aliphatic heterocycles. The van der Waals surface area contributed by atoms with Gasteiger partial charge < -0.3 is 5.73 Å². The van der Waals surface area contributed by atoms with Crippen molar-refractivity contribution in [2.75, 3.05) is 7.05 Å². The molecule has 1 aromatic carbocycles. The highest BCUT2D eigenvalue weighted by atomic mass is 32.1.